The zero-order valence-electron chi connectivity index (χ0n) is 17.4. The number of nitrogens with zero attached hydrogens (tertiary/aromatic N) is 2. The molecule has 3 aliphatic rings. The summed E-state index contributed by atoms with van der Waals surface area (Å²) in [6.07, 6.45) is 3.04. The van der Waals surface area contributed by atoms with Crippen LogP contribution < -0.4 is 15.0 Å². The van der Waals surface area contributed by atoms with Gasteiger partial charge in [0.15, 0.2) is 0 Å². The van der Waals surface area contributed by atoms with Gasteiger partial charge in [-0.15, -0.1) is 0 Å². The maximum Gasteiger partial charge on any atom is 0.293 e. The molecule has 0 aromatic heterocycles. The average molecular weight is 423 g/mol. The standard InChI is InChI=1S/C23H26N4O4/c28-23(18-2-5-20(24-19-3-4-19)21(14-18)27(29)30)26-10-8-25(9-11-26)15-16-1-6-22-17(13-16)7-12-31-22/h1-2,5-6,13-14,19,24H,3-4,7-12,15H2/p+1. The van der Waals surface area contributed by atoms with Crippen molar-refractivity contribution in [2.45, 2.75) is 31.8 Å². The third kappa shape index (κ3) is 4.34. The molecule has 0 atom stereocenters. The van der Waals surface area contributed by atoms with Crippen LogP contribution in [0.1, 0.15) is 34.3 Å². The molecule has 8 heteroatoms. The Kier molecular flexibility index (Phi) is 5.23. The molecule has 2 fully saturated rings. The third-order valence-corrected chi connectivity index (χ3v) is 6.34. The lowest BCUT2D eigenvalue weighted by Gasteiger charge is -2.32. The van der Waals surface area contributed by atoms with Crippen molar-refractivity contribution in [3.8, 4) is 5.75 Å². The number of ether oxygens (including phenoxy) is 1. The zero-order valence-corrected chi connectivity index (χ0v) is 17.4. The van der Waals surface area contributed by atoms with Crippen molar-refractivity contribution in [1.82, 2.24) is 4.90 Å². The molecule has 2 aliphatic heterocycles. The smallest absolute Gasteiger partial charge is 0.293 e. The lowest BCUT2D eigenvalue weighted by atomic mass is 10.1. The van der Waals surface area contributed by atoms with E-state index in [0.717, 1.165) is 51.3 Å². The summed E-state index contributed by atoms with van der Waals surface area (Å²) in [5.41, 5.74) is 3.44. The number of benzene rings is 2. The van der Waals surface area contributed by atoms with E-state index < -0.39 is 4.92 Å². The van der Waals surface area contributed by atoms with E-state index in [-0.39, 0.29) is 11.6 Å². The summed E-state index contributed by atoms with van der Waals surface area (Å²) < 4.78 is 5.58. The average Bonchev–Trinajstić information content (AvgIpc) is 3.47. The molecular weight excluding hydrogens is 396 g/mol. The van der Waals surface area contributed by atoms with Crippen molar-refractivity contribution in [3.05, 3.63) is 63.2 Å². The lowest BCUT2D eigenvalue weighted by molar-refractivity contribution is -0.917. The minimum absolute atomic E-state index is 0.0254. The second-order valence-electron chi connectivity index (χ2n) is 8.67. The Balaban J connectivity index is 1.20. The van der Waals surface area contributed by atoms with Crippen molar-refractivity contribution in [2.75, 3.05) is 38.1 Å². The Morgan fingerprint density at radius 3 is 2.74 bits per heavy atom. The number of nitro benzene ring substituents is 1. The van der Waals surface area contributed by atoms with E-state index in [1.807, 2.05) is 4.90 Å². The highest BCUT2D eigenvalue weighted by Gasteiger charge is 2.28. The summed E-state index contributed by atoms with van der Waals surface area (Å²) in [7, 11) is 0. The SMILES string of the molecule is O=C(c1ccc(NC2CC2)c([N+](=O)[O-])c1)N1CC[NH+](Cc2ccc3c(c2)CCO3)CC1. The molecule has 1 saturated carbocycles. The molecule has 1 saturated heterocycles. The number of amides is 1. The number of nitrogens with one attached hydrogen (secondary N) is 2. The Labute approximate surface area is 180 Å². The summed E-state index contributed by atoms with van der Waals surface area (Å²) in [6.45, 7) is 4.73. The first-order valence-electron chi connectivity index (χ1n) is 11.0. The van der Waals surface area contributed by atoms with Crippen LogP contribution in [0.3, 0.4) is 0 Å². The Morgan fingerprint density at radius 1 is 1.19 bits per heavy atom. The molecule has 0 spiro atoms. The molecule has 0 unspecified atom stereocenters. The van der Waals surface area contributed by atoms with Gasteiger partial charge in [0.2, 0.25) is 0 Å². The van der Waals surface area contributed by atoms with Crippen LogP contribution in [-0.2, 0) is 13.0 Å². The van der Waals surface area contributed by atoms with E-state index >= 15 is 0 Å². The van der Waals surface area contributed by atoms with Crippen LogP contribution >= 0.6 is 0 Å². The van der Waals surface area contributed by atoms with Crippen molar-refractivity contribution >= 4 is 17.3 Å². The van der Waals surface area contributed by atoms with E-state index in [2.05, 4.69) is 23.5 Å². The number of carbonyl (C=O) groups excluding carboxylic acids is 1. The number of nitro groups is 1. The Bertz CT molecular complexity index is 1010. The first kappa shape index (κ1) is 19.8. The minimum Gasteiger partial charge on any atom is -0.493 e. The number of piperazine rings is 1. The van der Waals surface area contributed by atoms with Gasteiger partial charge in [0.05, 0.1) is 37.7 Å². The Morgan fingerprint density at radius 2 is 2.00 bits per heavy atom. The van der Waals surface area contributed by atoms with E-state index in [1.165, 1.54) is 22.1 Å². The van der Waals surface area contributed by atoms with Gasteiger partial charge in [-0.25, -0.2) is 0 Å². The number of quaternary nitrogens is 1. The van der Waals surface area contributed by atoms with Gasteiger partial charge in [0.1, 0.15) is 18.0 Å². The maximum atomic E-state index is 13.0. The van der Waals surface area contributed by atoms with Gasteiger partial charge in [-0.2, -0.15) is 0 Å². The van der Waals surface area contributed by atoms with Gasteiger partial charge in [0, 0.05) is 29.7 Å². The van der Waals surface area contributed by atoms with E-state index in [1.54, 1.807) is 12.1 Å². The van der Waals surface area contributed by atoms with Crippen molar-refractivity contribution in [3.63, 3.8) is 0 Å². The number of hydrogen-bond acceptors (Lipinski definition) is 5. The van der Waals surface area contributed by atoms with Crippen LogP contribution in [0.2, 0.25) is 0 Å². The fourth-order valence-corrected chi connectivity index (χ4v) is 4.41. The molecule has 8 nitrogen and oxygen atoms in total. The number of anilines is 1. The van der Waals surface area contributed by atoms with Crippen molar-refractivity contribution in [2.24, 2.45) is 0 Å². The fourth-order valence-electron chi connectivity index (χ4n) is 4.41. The number of rotatable bonds is 6. The summed E-state index contributed by atoms with van der Waals surface area (Å²) in [6, 6.07) is 11.5. The first-order chi connectivity index (χ1) is 15.1. The van der Waals surface area contributed by atoms with E-state index in [4.69, 9.17) is 4.74 Å². The largest absolute Gasteiger partial charge is 0.493 e. The Hall–Kier alpha value is -3.13. The summed E-state index contributed by atoms with van der Waals surface area (Å²) in [5.74, 6) is 0.872. The molecule has 31 heavy (non-hydrogen) atoms. The summed E-state index contributed by atoms with van der Waals surface area (Å²) in [5, 5.41) is 14.7. The van der Waals surface area contributed by atoms with Crippen molar-refractivity contribution < 1.29 is 19.4 Å². The van der Waals surface area contributed by atoms with Crippen LogP contribution in [0.4, 0.5) is 11.4 Å². The van der Waals surface area contributed by atoms with Crippen molar-refractivity contribution in [1.29, 1.82) is 0 Å². The van der Waals surface area contributed by atoms with Crippen LogP contribution in [0, 0.1) is 10.1 Å². The van der Waals surface area contributed by atoms with Crippen LogP contribution in [0.25, 0.3) is 0 Å². The predicted octanol–water partition coefficient (Wildman–Crippen LogP) is 1.64. The topological polar surface area (TPSA) is 89.1 Å². The van der Waals surface area contributed by atoms with Gasteiger partial charge in [0.25, 0.3) is 11.6 Å². The molecular formula is C23H27N4O4+. The first-order valence-corrected chi connectivity index (χ1v) is 11.0. The van der Waals surface area contributed by atoms with Crippen LogP contribution in [0.5, 0.6) is 5.75 Å². The van der Waals surface area contributed by atoms with Gasteiger partial charge in [-0.1, -0.05) is 0 Å². The summed E-state index contributed by atoms with van der Waals surface area (Å²) >= 11 is 0. The molecule has 2 aromatic carbocycles. The van der Waals surface area contributed by atoms with Gasteiger partial charge in [-0.3, -0.25) is 14.9 Å². The highest BCUT2D eigenvalue weighted by molar-refractivity contribution is 5.95. The molecule has 162 valence electrons. The summed E-state index contributed by atoms with van der Waals surface area (Å²) in [4.78, 5) is 27.3. The zero-order chi connectivity index (χ0) is 21.4. The van der Waals surface area contributed by atoms with E-state index in [9.17, 15) is 14.9 Å². The molecule has 2 aromatic rings. The normalized spacial score (nSPS) is 18.4. The fraction of sp³-hybridized carbons (Fsp3) is 0.435. The molecule has 1 aliphatic carbocycles. The number of carbonyl (C=O) groups is 1. The predicted molar refractivity (Wildman–Crippen MR) is 116 cm³/mol. The molecule has 0 radical (unpaired) electrons. The second-order valence-corrected chi connectivity index (χ2v) is 8.67. The minimum atomic E-state index is -0.411. The van der Waals surface area contributed by atoms with Gasteiger partial charge >= 0.3 is 0 Å². The maximum absolute atomic E-state index is 13.0. The highest BCUT2D eigenvalue weighted by Crippen LogP contribution is 2.32. The molecule has 5 rings (SSSR count). The quantitative estimate of drug-likeness (QED) is 0.545. The monoisotopic (exact) mass is 423 g/mol. The molecule has 2 heterocycles. The van der Waals surface area contributed by atoms with Gasteiger partial charge in [-0.05, 0) is 48.7 Å². The molecule has 0 bridgehead atoms. The lowest BCUT2D eigenvalue weighted by Crippen LogP contribution is -3.13. The number of fused-ring (bicyclic) bond motifs is 1. The molecule has 2 N–H and O–H groups in total. The second kappa shape index (κ2) is 8.19. The number of hydrogen-bond donors (Lipinski definition) is 2. The van der Waals surface area contributed by atoms with Crippen LogP contribution in [-0.4, -0.2) is 54.6 Å². The van der Waals surface area contributed by atoms with Gasteiger partial charge < -0.3 is 19.9 Å². The highest BCUT2D eigenvalue weighted by atomic mass is 16.6. The van der Waals surface area contributed by atoms with Crippen LogP contribution in [0.15, 0.2) is 36.4 Å². The third-order valence-electron chi connectivity index (χ3n) is 6.34. The molecule has 1 amide bonds. The van der Waals surface area contributed by atoms with E-state index in [0.29, 0.717) is 30.4 Å².